The van der Waals surface area contributed by atoms with E-state index in [0.29, 0.717) is 12.0 Å². The van der Waals surface area contributed by atoms with Crippen LogP contribution in [-0.2, 0) is 11.3 Å². The summed E-state index contributed by atoms with van der Waals surface area (Å²) in [5, 5.41) is 3.28. The van der Waals surface area contributed by atoms with Gasteiger partial charge in [-0.3, -0.25) is 0 Å². The average molecular weight is 209 g/mol. The van der Waals surface area contributed by atoms with E-state index in [1.165, 1.54) is 5.69 Å². The van der Waals surface area contributed by atoms with Crippen molar-refractivity contribution in [1.82, 2.24) is 14.9 Å². The Morgan fingerprint density at radius 2 is 2.40 bits per heavy atom. The normalized spacial score (nSPS) is 17.0. The summed E-state index contributed by atoms with van der Waals surface area (Å²) in [5.41, 5.74) is 1.33. The number of nitrogens with one attached hydrogen (secondary N) is 1. The van der Waals surface area contributed by atoms with Crippen molar-refractivity contribution in [3.05, 3.63) is 18.2 Å². The summed E-state index contributed by atoms with van der Waals surface area (Å²) in [4.78, 5) is 4.20. The van der Waals surface area contributed by atoms with Gasteiger partial charge in [-0.1, -0.05) is 0 Å². The minimum Gasteiger partial charge on any atom is -0.377 e. The fourth-order valence-corrected chi connectivity index (χ4v) is 1.74. The molecule has 2 rings (SSSR count). The summed E-state index contributed by atoms with van der Waals surface area (Å²) < 4.78 is 7.74. The zero-order chi connectivity index (χ0) is 10.7. The highest BCUT2D eigenvalue weighted by atomic mass is 16.5. The molecule has 0 atom stereocenters. The molecule has 0 saturated carbocycles. The molecule has 1 aliphatic heterocycles. The Balaban J connectivity index is 1.87. The van der Waals surface area contributed by atoms with Crippen LogP contribution >= 0.6 is 0 Å². The third-order valence-corrected chi connectivity index (χ3v) is 2.73. The van der Waals surface area contributed by atoms with Crippen LogP contribution in [0.2, 0.25) is 0 Å². The average Bonchev–Trinajstić information content (AvgIpc) is 2.50. The van der Waals surface area contributed by atoms with Crippen LogP contribution in [0, 0.1) is 0 Å². The molecule has 1 aromatic heterocycles. The predicted molar refractivity (Wildman–Crippen MR) is 58.9 cm³/mol. The SMILES string of the molecule is CC(C)OCCn1cncc1C1CNC1. The maximum atomic E-state index is 5.54. The minimum absolute atomic E-state index is 0.308. The van der Waals surface area contributed by atoms with Crippen molar-refractivity contribution in [2.75, 3.05) is 19.7 Å². The van der Waals surface area contributed by atoms with E-state index in [1.807, 2.05) is 12.5 Å². The van der Waals surface area contributed by atoms with Crippen LogP contribution in [0.5, 0.6) is 0 Å². The number of ether oxygens (including phenoxy) is 1. The predicted octanol–water partition coefficient (Wildman–Crippen LogP) is 0.995. The second-order valence-corrected chi connectivity index (χ2v) is 4.29. The van der Waals surface area contributed by atoms with Crippen LogP contribution in [0.3, 0.4) is 0 Å². The van der Waals surface area contributed by atoms with E-state index < -0.39 is 0 Å². The summed E-state index contributed by atoms with van der Waals surface area (Å²) in [5.74, 6) is 0.645. The molecule has 0 bridgehead atoms. The Hall–Kier alpha value is -0.870. The van der Waals surface area contributed by atoms with Gasteiger partial charge in [-0.05, 0) is 13.8 Å². The molecule has 1 saturated heterocycles. The van der Waals surface area contributed by atoms with Gasteiger partial charge in [0.15, 0.2) is 0 Å². The second kappa shape index (κ2) is 4.77. The van der Waals surface area contributed by atoms with E-state index in [1.54, 1.807) is 0 Å². The van der Waals surface area contributed by atoms with Crippen molar-refractivity contribution < 1.29 is 4.74 Å². The summed E-state index contributed by atoms with van der Waals surface area (Å²) >= 11 is 0. The van der Waals surface area contributed by atoms with Crippen LogP contribution in [0.15, 0.2) is 12.5 Å². The Labute approximate surface area is 90.6 Å². The van der Waals surface area contributed by atoms with Crippen molar-refractivity contribution in [3.63, 3.8) is 0 Å². The number of nitrogens with zero attached hydrogens (tertiary/aromatic N) is 2. The minimum atomic E-state index is 0.308. The largest absolute Gasteiger partial charge is 0.377 e. The van der Waals surface area contributed by atoms with E-state index >= 15 is 0 Å². The lowest BCUT2D eigenvalue weighted by Gasteiger charge is -2.27. The van der Waals surface area contributed by atoms with Gasteiger partial charge in [0.2, 0.25) is 0 Å². The highest BCUT2D eigenvalue weighted by Gasteiger charge is 2.21. The van der Waals surface area contributed by atoms with Crippen molar-refractivity contribution in [1.29, 1.82) is 0 Å². The number of hydrogen-bond donors (Lipinski definition) is 1. The molecule has 2 heterocycles. The topological polar surface area (TPSA) is 39.1 Å². The van der Waals surface area contributed by atoms with Gasteiger partial charge in [-0.2, -0.15) is 0 Å². The monoisotopic (exact) mass is 209 g/mol. The van der Waals surface area contributed by atoms with Gasteiger partial charge >= 0.3 is 0 Å². The molecule has 1 aromatic rings. The molecular formula is C11H19N3O. The number of aromatic nitrogens is 2. The van der Waals surface area contributed by atoms with Crippen molar-refractivity contribution in [3.8, 4) is 0 Å². The van der Waals surface area contributed by atoms with Crippen LogP contribution in [0.25, 0.3) is 0 Å². The molecule has 0 aromatic carbocycles. The van der Waals surface area contributed by atoms with Crippen LogP contribution < -0.4 is 5.32 Å². The quantitative estimate of drug-likeness (QED) is 0.786. The van der Waals surface area contributed by atoms with E-state index in [9.17, 15) is 0 Å². The third-order valence-electron chi connectivity index (χ3n) is 2.73. The Morgan fingerprint density at radius 3 is 3.00 bits per heavy atom. The lowest BCUT2D eigenvalue weighted by Crippen LogP contribution is -2.41. The molecule has 1 N–H and O–H groups in total. The first kappa shape index (κ1) is 10.6. The maximum Gasteiger partial charge on any atom is 0.0949 e. The van der Waals surface area contributed by atoms with Crippen LogP contribution in [-0.4, -0.2) is 35.4 Å². The Morgan fingerprint density at radius 1 is 1.60 bits per heavy atom. The summed E-state index contributed by atoms with van der Waals surface area (Å²) in [6.45, 7) is 7.95. The molecule has 0 spiro atoms. The van der Waals surface area contributed by atoms with E-state index in [-0.39, 0.29) is 0 Å². The van der Waals surface area contributed by atoms with Crippen LogP contribution in [0.1, 0.15) is 25.5 Å². The third kappa shape index (κ3) is 2.58. The van der Waals surface area contributed by atoms with E-state index in [2.05, 4.69) is 28.7 Å². The van der Waals surface area contributed by atoms with Gasteiger partial charge < -0.3 is 14.6 Å². The van der Waals surface area contributed by atoms with Crippen molar-refractivity contribution >= 4 is 0 Å². The zero-order valence-corrected chi connectivity index (χ0v) is 9.44. The highest BCUT2D eigenvalue weighted by Crippen LogP contribution is 2.18. The van der Waals surface area contributed by atoms with Gasteiger partial charge in [-0.15, -0.1) is 0 Å². The summed E-state index contributed by atoms with van der Waals surface area (Å²) in [7, 11) is 0. The van der Waals surface area contributed by atoms with Gasteiger partial charge in [0, 0.05) is 37.4 Å². The van der Waals surface area contributed by atoms with E-state index in [4.69, 9.17) is 4.74 Å². The fraction of sp³-hybridized carbons (Fsp3) is 0.727. The van der Waals surface area contributed by atoms with Gasteiger partial charge in [0.1, 0.15) is 0 Å². The molecule has 0 unspecified atom stereocenters. The lowest BCUT2D eigenvalue weighted by molar-refractivity contribution is 0.0720. The second-order valence-electron chi connectivity index (χ2n) is 4.29. The van der Waals surface area contributed by atoms with E-state index in [0.717, 1.165) is 26.2 Å². The van der Waals surface area contributed by atoms with Gasteiger partial charge in [-0.25, -0.2) is 4.98 Å². The first-order valence-electron chi connectivity index (χ1n) is 5.59. The number of rotatable bonds is 5. The van der Waals surface area contributed by atoms with Gasteiger partial charge in [0.25, 0.3) is 0 Å². The Bertz CT molecular complexity index is 305. The summed E-state index contributed by atoms with van der Waals surface area (Å²) in [6.07, 6.45) is 4.18. The molecule has 4 nitrogen and oxygen atoms in total. The fourth-order valence-electron chi connectivity index (χ4n) is 1.74. The molecular weight excluding hydrogens is 190 g/mol. The van der Waals surface area contributed by atoms with Crippen molar-refractivity contribution in [2.45, 2.75) is 32.4 Å². The standard InChI is InChI=1S/C11H19N3O/c1-9(2)15-4-3-14-8-13-7-11(14)10-5-12-6-10/h7-10,12H,3-6H2,1-2H3. The van der Waals surface area contributed by atoms with Crippen molar-refractivity contribution in [2.24, 2.45) is 0 Å². The highest BCUT2D eigenvalue weighted by molar-refractivity contribution is 5.11. The summed E-state index contributed by atoms with van der Waals surface area (Å²) in [6, 6.07) is 0. The lowest BCUT2D eigenvalue weighted by atomic mass is 10.00. The maximum absolute atomic E-state index is 5.54. The molecule has 15 heavy (non-hydrogen) atoms. The Kier molecular flexibility index (Phi) is 3.38. The molecule has 1 fully saturated rings. The zero-order valence-electron chi connectivity index (χ0n) is 9.44. The first-order valence-corrected chi connectivity index (χ1v) is 5.59. The first-order chi connectivity index (χ1) is 7.27. The number of imidazole rings is 1. The van der Waals surface area contributed by atoms with Crippen LogP contribution in [0.4, 0.5) is 0 Å². The molecule has 4 heteroatoms. The molecule has 0 aliphatic carbocycles. The molecule has 1 aliphatic rings. The van der Waals surface area contributed by atoms with Gasteiger partial charge in [0.05, 0.1) is 19.0 Å². The molecule has 0 radical (unpaired) electrons. The molecule has 0 amide bonds. The smallest absolute Gasteiger partial charge is 0.0949 e. The molecule has 84 valence electrons. The number of hydrogen-bond acceptors (Lipinski definition) is 3.